The van der Waals surface area contributed by atoms with Crippen LogP contribution in [0.25, 0.3) is 0 Å². The minimum absolute atomic E-state index is 0.259. The lowest BCUT2D eigenvalue weighted by atomic mass is 9.90. The highest BCUT2D eigenvalue weighted by molar-refractivity contribution is 5.79. The largest absolute Gasteiger partial charge is 0.378 e. The number of rotatable bonds is 3. The van der Waals surface area contributed by atoms with Crippen molar-refractivity contribution in [3.8, 4) is 0 Å². The Morgan fingerprint density at radius 2 is 1.82 bits per heavy atom. The van der Waals surface area contributed by atoms with Crippen molar-refractivity contribution in [2.45, 2.75) is 25.7 Å². The third-order valence-electron chi connectivity index (χ3n) is 6.17. The van der Waals surface area contributed by atoms with Gasteiger partial charge in [-0.3, -0.25) is 4.79 Å². The average molecular weight is 304 g/mol. The molecular formula is C18H28N2O2. The summed E-state index contributed by atoms with van der Waals surface area (Å²) >= 11 is 0. The van der Waals surface area contributed by atoms with Gasteiger partial charge < -0.3 is 14.5 Å². The molecule has 0 aromatic heterocycles. The standard InChI is InChI=1S/C18H28N2O2/c21-18(20-7-9-22-10-8-20)15-3-5-19(6-4-15)13-17-12-14-1-2-16(17)11-14/h1-2,14-17H,3-13H2/t14-,16-,17+/m0/s1. The Bertz CT molecular complexity index is 436. The molecule has 0 spiro atoms. The van der Waals surface area contributed by atoms with E-state index in [4.69, 9.17) is 4.74 Å². The zero-order valence-electron chi connectivity index (χ0n) is 13.5. The maximum atomic E-state index is 12.6. The van der Waals surface area contributed by atoms with E-state index in [1.54, 1.807) is 0 Å². The fourth-order valence-electron chi connectivity index (χ4n) is 4.84. The van der Waals surface area contributed by atoms with Crippen molar-refractivity contribution in [3.05, 3.63) is 12.2 Å². The van der Waals surface area contributed by atoms with Crippen LogP contribution in [0.4, 0.5) is 0 Å². The summed E-state index contributed by atoms with van der Waals surface area (Å²) in [6.45, 7) is 6.47. The summed E-state index contributed by atoms with van der Waals surface area (Å²) in [5, 5.41) is 0. The van der Waals surface area contributed by atoms with Gasteiger partial charge in [-0.25, -0.2) is 0 Å². The van der Waals surface area contributed by atoms with E-state index in [0.29, 0.717) is 19.1 Å². The molecule has 4 heteroatoms. The maximum Gasteiger partial charge on any atom is 0.225 e. The number of likely N-dealkylation sites (tertiary alicyclic amines) is 1. The number of allylic oxidation sites excluding steroid dienone is 2. The van der Waals surface area contributed by atoms with Crippen LogP contribution in [0.15, 0.2) is 12.2 Å². The van der Waals surface area contributed by atoms with Gasteiger partial charge in [0.15, 0.2) is 0 Å². The second kappa shape index (κ2) is 6.32. The lowest BCUT2D eigenvalue weighted by Crippen LogP contribution is -2.47. The summed E-state index contributed by atoms with van der Waals surface area (Å²) in [6.07, 6.45) is 9.77. The molecule has 3 atom stereocenters. The molecule has 2 aliphatic carbocycles. The van der Waals surface area contributed by atoms with E-state index in [2.05, 4.69) is 17.1 Å². The fraction of sp³-hybridized carbons (Fsp3) is 0.833. The zero-order chi connectivity index (χ0) is 14.9. The van der Waals surface area contributed by atoms with E-state index in [0.717, 1.165) is 56.8 Å². The number of ether oxygens (including phenoxy) is 1. The van der Waals surface area contributed by atoms with Crippen molar-refractivity contribution >= 4 is 5.91 Å². The molecule has 1 amide bonds. The fourth-order valence-corrected chi connectivity index (χ4v) is 4.84. The lowest BCUT2D eigenvalue weighted by Gasteiger charge is -2.37. The first-order chi connectivity index (χ1) is 10.8. The van der Waals surface area contributed by atoms with Crippen molar-refractivity contribution in [3.63, 3.8) is 0 Å². The quantitative estimate of drug-likeness (QED) is 0.745. The Balaban J connectivity index is 1.24. The number of carbonyl (C=O) groups excluding carboxylic acids is 1. The van der Waals surface area contributed by atoms with Crippen molar-refractivity contribution in [1.29, 1.82) is 0 Å². The van der Waals surface area contributed by atoms with Crippen molar-refractivity contribution < 1.29 is 9.53 Å². The van der Waals surface area contributed by atoms with Gasteiger partial charge in [-0.05, 0) is 56.5 Å². The number of hydrogen-bond acceptors (Lipinski definition) is 3. The Kier molecular flexibility index (Phi) is 4.23. The predicted octanol–water partition coefficient (Wildman–Crippen LogP) is 1.77. The summed E-state index contributed by atoms with van der Waals surface area (Å²) < 4.78 is 5.35. The third-order valence-corrected chi connectivity index (χ3v) is 6.17. The molecule has 0 unspecified atom stereocenters. The van der Waals surface area contributed by atoms with Gasteiger partial charge in [0, 0.05) is 25.6 Å². The number of morpholine rings is 1. The monoisotopic (exact) mass is 304 g/mol. The summed E-state index contributed by atoms with van der Waals surface area (Å²) in [4.78, 5) is 17.2. The molecule has 2 saturated heterocycles. The van der Waals surface area contributed by atoms with Crippen LogP contribution in [0, 0.1) is 23.7 Å². The smallest absolute Gasteiger partial charge is 0.225 e. The number of hydrogen-bond donors (Lipinski definition) is 0. The molecule has 4 rings (SSSR count). The van der Waals surface area contributed by atoms with E-state index in [1.807, 2.05) is 4.90 Å². The van der Waals surface area contributed by atoms with E-state index in [9.17, 15) is 4.79 Å². The molecule has 4 nitrogen and oxygen atoms in total. The van der Waals surface area contributed by atoms with Crippen LogP contribution in [-0.4, -0.2) is 61.6 Å². The first-order valence-electron chi connectivity index (χ1n) is 9.07. The molecule has 0 aromatic rings. The van der Waals surface area contributed by atoms with Crippen LogP contribution >= 0.6 is 0 Å². The van der Waals surface area contributed by atoms with E-state index in [-0.39, 0.29) is 5.92 Å². The highest BCUT2D eigenvalue weighted by atomic mass is 16.5. The summed E-state index contributed by atoms with van der Waals surface area (Å²) in [5.74, 6) is 3.23. The Morgan fingerprint density at radius 3 is 2.45 bits per heavy atom. The molecule has 0 N–H and O–H groups in total. The van der Waals surface area contributed by atoms with E-state index in [1.165, 1.54) is 19.4 Å². The van der Waals surface area contributed by atoms with Crippen LogP contribution in [-0.2, 0) is 9.53 Å². The molecule has 2 heterocycles. The van der Waals surface area contributed by atoms with Crippen LogP contribution in [0.2, 0.25) is 0 Å². The van der Waals surface area contributed by atoms with Crippen LogP contribution in [0.5, 0.6) is 0 Å². The van der Waals surface area contributed by atoms with Crippen molar-refractivity contribution in [2.75, 3.05) is 45.9 Å². The van der Waals surface area contributed by atoms with Crippen LogP contribution < -0.4 is 0 Å². The minimum atomic E-state index is 0.259. The highest BCUT2D eigenvalue weighted by Gasteiger charge is 2.37. The Hall–Kier alpha value is -0.870. The normalized spacial score (nSPS) is 36.2. The summed E-state index contributed by atoms with van der Waals surface area (Å²) in [7, 11) is 0. The second-order valence-electron chi connectivity index (χ2n) is 7.55. The first kappa shape index (κ1) is 14.7. The minimum Gasteiger partial charge on any atom is -0.378 e. The van der Waals surface area contributed by atoms with Crippen LogP contribution in [0.3, 0.4) is 0 Å². The SMILES string of the molecule is O=C(C1CCN(C[C@H]2C[C@H]3C=C[C@H]2C3)CC1)N1CCOCC1. The van der Waals surface area contributed by atoms with E-state index < -0.39 is 0 Å². The number of carbonyl (C=O) groups is 1. The number of piperidine rings is 1. The molecule has 2 aliphatic heterocycles. The number of amides is 1. The Labute approximate surface area is 133 Å². The number of fused-ring (bicyclic) bond motifs is 2. The molecule has 1 saturated carbocycles. The first-order valence-corrected chi connectivity index (χ1v) is 9.07. The third kappa shape index (κ3) is 2.95. The van der Waals surface area contributed by atoms with Gasteiger partial charge >= 0.3 is 0 Å². The number of nitrogens with zero attached hydrogens (tertiary/aromatic N) is 2. The Morgan fingerprint density at radius 1 is 1.05 bits per heavy atom. The van der Waals surface area contributed by atoms with Gasteiger partial charge in [0.05, 0.1) is 13.2 Å². The van der Waals surface area contributed by atoms with E-state index >= 15 is 0 Å². The molecule has 2 bridgehead atoms. The van der Waals surface area contributed by atoms with Gasteiger partial charge in [-0.1, -0.05) is 12.2 Å². The van der Waals surface area contributed by atoms with Gasteiger partial charge in [0.25, 0.3) is 0 Å². The van der Waals surface area contributed by atoms with Crippen LogP contribution in [0.1, 0.15) is 25.7 Å². The molecule has 3 fully saturated rings. The lowest BCUT2D eigenvalue weighted by molar-refractivity contribution is -0.141. The molecule has 0 radical (unpaired) electrons. The van der Waals surface area contributed by atoms with Gasteiger partial charge in [-0.15, -0.1) is 0 Å². The van der Waals surface area contributed by atoms with Gasteiger partial charge in [0.2, 0.25) is 5.91 Å². The highest BCUT2D eigenvalue weighted by Crippen LogP contribution is 2.43. The molecule has 22 heavy (non-hydrogen) atoms. The van der Waals surface area contributed by atoms with Crippen molar-refractivity contribution in [1.82, 2.24) is 9.80 Å². The molecule has 0 aromatic carbocycles. The van der Waals surface area contributed by atoms with Gasteiger partial charge in [0.1, 0.15) is 0 Å². The van der Waals surface area contributed by atoms with Crippen molar-refractivity contribution in [2.24, 2.45) is 23.7 Å². The zero-order valence-corrected chi connectivity index (χ0v) is 13.5. The second-order valence-corrected chi connectivity index (χ2v) is 7.55. The average Bonchev–Trinajstić information content (AvgIpc) is 3.19. The molecule has 4 aliphatic rings. The van der Waals surface area contributed by atoms with Gasteiger partial charge in [-0.2, -0.15) is 0 Å². The molecular weight excluding hydrogens is 276 g/mol. The summed E-state index contributed by atoms with van der Waals surface area (Å²) in [6, 6.07) is 0. The predicted molar refractivity (Wildman–Crippen MR) is 85.4 cm³/mol. The maximum absolute atomic E-state index is 12.6. The molecule has 122 valence electrons. The topological polar surface area (TPSA) is 32.8 Å². The summed E-state index contributed by atoms with van der Waals surface area (Å²) in [5.41, 5.74) is 0.